The average molecular weight is 358 g/mol. The molecule has 1 N–H and O–H groups in total. The third-order valence-electron chi connectivity index (χ3n) is 3.27. The second-order valence-corrected chi connectivity index (χ2v) is 5.70. The minimum Gasteiger partial charge on any atom is -0.306 e. The molecule has 0 saturated carbocycles. The molecule has 0 saturated heterocycles. The summed E-state index contributed by atoms with van der Waals surface area (Å²) in [6, 6.07) is 6.20. The summed E-state index contributed by atoms with van der Waals surface area (Å²) in [7, 11) is 0. The first-order valence-corrected chi connectivity index (χ1v) is 7.37. The van der Waals surface area contributed by atoms with E-state index in [4.69, 9.17) is 0 Å². The van der Waals surface area contributed by atoms with Gasteiger partial charge in [0.15, 0.2) is 0 Å². The van der Waals surface area contributed by atoms with Crippen LogP contribution in [0.25, 0.3) is 0 Å². The Morgan fingerprint density at radius 1 is 1.00 bits per heavy atom. The third-order valence-corrected chi connectivity index (χ3v) is 3.76. The molecule has 0 radical (unpaired) electrons. The van der Waals surface area contributed by atoms with Crippen LogP contribution in [0, 0.1) is 24.4 Å². The summed E-state index contributed by atoms with van der Waals surface area (Å²) in [6.07, 6.45) is 0. The van der Waals surface area contributed by atoms with Gasteiger partial charge in [0, 0.05) is 21.7 Å². The van der Waals surface area contributed by atoms with E-state index < -0.39 is 23.5 Å². The lowest BCUT2D eigenvalue weighted by Gasteiger charge is -2.21. The van der Waals surface area contributed by atoms with Gasteiger partial charge in [-0.25, -0.2) is 13.2 Å². The molecule has 0 heterocycles. The van der Waals surface area contributed by atoms with Crippen molar-refractivity contribution in [3.8, 4) is 0 Å². The van der Waals surface area contributed by atoms with E-state index in [0.717, 1.165) is 6.07 Å². The lowest BCUT2D eigenvalue weighted by Crippen LogP contribution is -2.24. The van der Waals surface area contributed by atoms with Crippen LogP contribution in [0.5, 0.6) is 0 Å². The quantitative estimate of drug-likeness (QED) is 0.822. The molecule has 0 aliphatic carbocycles. The van der Waals surface area contributed by atoms with Gasteiger partial charge >= 0.3 is 0 Å². The van der Waals surface area contributed by atoms with Crippen LogP contribution in [0.4, 0.5) is 13.2 Å². The molecule has 1 nitrogen and oxygen atoms in total. The van der Waals surface area contributed by atoms with Crippen molar-refractivity contribution in [1.29, 1.82) is 0 Å². The van der Waals surface area contributed by atoms with Crippen molar-refractivity contribution in [1.82, 2.24) is 5.32 Å². The molecule has 2 aromatic rings. The molecular formula is C16H15BrF3N. The molecular weight excluding hydrogens is 343 g/mol. The standard InChI is InChI=1S/C16H15BrF3N/c1-3-21-16(11-5-4-10(17)7-14(11)19)12-6-9(2)13(18)8-15(12)20/h4-8,16,21H,3H2,1-2H3. The molecule has 1 unspecified atom stereocenters. The Morgan fingerprint density at radius 3 is 2.29 bits per heavy atom. The zero-order valence-corrected chi connectivity index (χ0v) is 13.3. The second kappa shape index (κ2) is 6.62. The Kier molecular flexibility index (Phi) is 5.06. The third kappa shape index (κ3) is 3.47. The van der Waals surface area contributed by atoms with Crippen LogP contribution >= 0.6 is 15.9 Å². The Morgan fingerprint density at radius 2 is 1.67 bits per heavy atom. The van der Waals surface area contributed by atoms with Crippen LogP contribution in [0.2, 0.25) is 0 Å². The number of hydrogen-bond donors (Lipinski definition) is 1. The van der Waals surface area contributed by atoms with Gasteiger partial charge in [0.25, 0.3) is 0 Å². The zero-order valence-electron chi connectivity index (χ0n) is 11.7. The number of rotatable bonds is 4. The summed E-state index contributed by atoms with van der Waals surface area (Å²) >= 11 is 3.19. The van der Waals surface area contributed by atoms with Crippen molar-refractivity contribution < 1.29 is 13.2 Å². The number of hydrogen-bond acceptors (Lipinski definition) is 1. The van der Waals surface area contributed by atoms with E-state index >= 15 is 0 Å². The van der Waals surface area contributed by atoms with E-state index in [-0.39, 0.29) is 5.56 Å². The van der Waals surface area contributed by atoms with Crippen molar-refractivity contribution in [2.24, 2.45) is 0 Å². The van der Waals surface area contributed by atoms with E-state index in [1.807, 2.05) is 6.92 Å². The lowest BCUT2D eigenvalue weighted by molar-refractivity contribution is 0.519. The summed E-state index contributed by atoms with van der Waals surface area (Å²) in [5.41, 5.74) is 0.883. The molecule has 1 atom stereocenters. The van der Waals surface area contributed by atoms with Gasteiger partial charge in [0.2, 0.25) is 0 Å². The lowest BCUT2D eigenvalue weighted by atomic mass is 9.96. The van der Waals surface area contributed by atoms with Crippen molar-refractivity contribution in [2.75, 3.05) is 6.54 Å². The van der Waals surface area contributed by atoms with Crippen LogP contribution in [-0.2, 0) is 0 Å². The molecule has 5 heteroatoms. The van der Waals surface area contributed by atoms with Crippen LogP contribution in [-0.4, -0.2) is 6.54 Å². The summed E-state index contributed by atoms with van der Waals surface area (Å²) in [5, 5.41) is 3.05. The zero-order chi connectivity index (χ0) is 15.6. The molecule has 2 aromatic carbocycles. The topological polar surface area (TPSA) is 12.0 Å². The maximum atomic E-state index is 14.2. The Hall–Kier alpha value is -1.33. The van der Waals surface area contributed by atoms with Crippen molar-refractivity contribution in [3.05, 3.63) is 68.9 Å². The molecule has 0 bridgehead atoms. The van der Waals surface area contributed by atoms with Crippen LogP contribution < -0.4 is 5.32 Å². The van der Waals surface area contributed by atoms with Gasteiger partial charge in [-0.3, -0.25) is 0 Å². The van der Waals surface area contributed by atoms with E-state index in [1.165, 1.54) is 12.1 Å². The first-order valence-electron chi connectivity index (χ1n) is 6.58. The summed E-state index contributed by atoms with van der Waals surface area (Å²) in [6.45, 7) is 3.92. The monoisotopic (exact) mass is 357 g/mol. The van der Waals surface area contributed by atoms with Crippen molar-refractivity contribution >= 4 is 15.9 Å². The van der Waals surface area contributed by atoms with Gasteiger partial charge in [-0.1, -0.05) is 28.9 Å². The SMILES string of the molecule is CCNC(c1ccc(Br)cc1F)c1cc(C)c(F)cc1F. The van der Waals surface area contributed by atoms with E-state index in [0.29, 0.717) is 22.1 Å². The summed E-state index contributed by atoms with van der Waals surface area (Å²) < 4.78 is 42.3. The van der Waals surface area contributed by atoms with Gasteiger partial charge < -0.3 is 5.32 Å². The van der Waals surface area contributed by atoms with E-state index in [1.54, 1.807) is 19.1 Å². The molecule has 112 valence electrons. The molecule has 0 aliphatic heterocycles. The first-order chi connectivity index (χ1) is 9.93. The number of nitrogens with one attached hydrogen (secondary N) is 1. The van der Waals surface area contributed by atoms with E-state index in [2.05, 4.69) is 21.2 Å². The fourth-order valence-corrected chi connectivity index (χ4v) is 2.56. The highest BCUT2D eigenvalue weighted by Gasteiger charge is 2.21. The minimum absolute atomic E-state index is 0.233. The van der Waals surface area contributed by atoms with Crippen molar-refractivity contribution in [3.63, 3.8) is 0 Å². The maximum Gasteiger partial charge on any atom is 0.131 e. The molecule has 0 spiro atoms. The highest BCUT2D eigenvalue weighted by atomic mass is 79.9. The van der Waals surface area contributed by atoms with Gasteiger partial charge in [-0.05, 0) is 37.2 Å². The van der Waals surface area contributed by atoms with Gasteiger partial charge in [0.1, 0.15) is 17.5 Å². The summed E-state index contributed by atoms with van der Waals surface area (Å²) in [5.74, 6) is -1.74. The van der Waals surface area contributed by atoms with Crippen molar-refractivity contribution in [2.45, 2.75) is 19.9 Å². The average Bonchev–Trinajstić information content (AvgIpc) is 2.41. The largest absolute Gasteiger partial charge is 0.306 e. The predicted molar refractivity (Wildman–Crippen MR) is 80.7 cm³/mol. The molecule has 2 rings (SSSR count). The van der Waals surface area contributed by atoms with Crippen LogP contribution in [0.1, 0.15) is 29.7 Å². The fourth-order valence-electron chi connectivity index (χ4n) is 2.23. The molecule has 0 aliphatic rings. The van der Waals surface area contributed by atoms with Gasteiger partial charge in [-0.2, -0.15) is 0 Å². The molecule has 0 aromatic heterocycles. The van der Waals surface area contributed by atoms with Crippen LogP contribution in [0.3, 0.4) is 0 Å². The first kappa shape index (κ1) is 16.0. The minimum atomic E-state index is -0.689. The maximum absolute atomic E-state index is 14.2. The fraction of sp³-hybridized carbons (Fsp3) is 0.250. The highest BCUT2D eigenvalue weighted by Crippen LogP contribution is 2.29. The number of benzene rings is 2. The van der Waals surface area contributed by atoms with E-state index in [9.17, 15) is 13.2 Å². The van der Waals surface area contributed by atoms with Gasteiger partial charge in [0.05, 0.1) is 6.04 Å². The van der Waals surface area contributed by atoms with Gasteiger partial charge in [-0.15, -0.1) is 0 Å². The number of aryl methyl sites for hydroxylation is 1. The molecule has 0 amide bonds. The Labute approximate surface area is 130 Å². The van der Waals surface area contributed by atoms with Crippen LogP contribution in [0.15, 0.2) is 34.8 Å². The highest BCUT2D eigenvalue weighted by molar-refractivity contribution is 9.10. The molecule has 21 heavy (non-hydrogen) atoms. The normalized spacial score (nSPS) is 12.5. The Balaban J connectivity index is 2.55. The Bertz CT molecular complexity index is 658. The molecule has 0 fully saturated rings. The number of halogens is 4. The summed E-state index contributed by atoms with van der Waals surface area (Å²) in [4.78, 5) is 0. The predicted octanol–water partition coefficient (Wildman–Crippen LogP) is 4.87. The smallest absolute Gasteiger partial charge is 0.131 e. The second-order valence-electron chi connectivity index (χ2n) is 4.78.